The van der Waals surface area contributed by atoms with Crippen LogP contribution >= 0.6 is 11.3 Å². The number of ether oxygens (including phenoxy) is 2. The molecular weight excluding hydrogens is 346 g/mol. The number of morpholine rings is 1. The third kappa shape index (κ3) is 3.85. The van der Waals surface area contributed by atoms with Gasteiger partial charge in [-0.3, -0.25) is 5.32 Å². The van der Waals surface area contributed by atoms with Gasteiger partial charge in [-0.05, 0) is 48.8 Å². The van der Waals surface area contributed by atoms with Gasteiger partial charge in [-0.1, -0.05) is 37.3 Å². The first kappa shape index (κ1) is 17.7. The smallest absolute Gasteiger partial charge is 0.349 e. The molecule has 0 amide bonds. The standard InChI is InChI=1S/C21H25NO3S/c1-2-17-12-22-20(13-24-17)25-21(23)19-11-16-10-15(8-9-18(16)26-19)14-6-4-3-5-7-14/h3-7,11,15,17,20,22H,2,8-10,12-13H2,1H3. The van der Waals surface area contributed by atoms with Gasteiger partial charge in [-0.15, -0.1) is 11.3 Å². The van der Waals surface area contributed by atoms with Gasteiger partial charge in [0.1, 0.15) is 4.88 Å². The minimum absolute atomic E-state index is 0.217. The van der Waals surface area contributed by atoms with Gasteiger partial charge in [0, 0.05) is 11.4 Å². The second kappa shape index (κ2) is 7.91. The van der Waals surface area contributed by atoms with E-state index in [0.29, 0.717) is 17.4 Å². The summed E-state index contributed by atoms with van der Waals surface area (Å²) in [6.45, 7) is 3.25. The topological polar surface area (TPSA) is 47.6 Å². The van der Waals surface area contributed by atoms with Gasteiger partial charge in [0.25, 0.3) is 0 Å². The molecule has 0 spiro atoms. The highest BCUT2D eigenvalue weighted by Gasteiger charge is 2.27. The lowest BCUT2D eigenvalue weighted by Crippen LogP contribution is -2.48. The lowest BCUT2D eigenvalue weighted by molar-refractivity contribution is -0.0732. The molecular formula is C21H25NO3S. The van der Waals surface area contributed by atoms with Gasteiger partial charge in [-0.2, -0.15) is 0 Å². The zero-order chi connectivity index (χ0) is 17.9. The molecule has 26 heavy (non-hydrogen) atoms. The number of benzene rings is 1. The summed E-state index contributed by atoms with van der Waals surface area (Å²) < 4.78 is 11.3. The highest BCUT2D eigenvalue weighted by molar-refractivity contribution is 7.14. The number of hydrogen-bond donors (Lipinski definition) is 1. The summed E-state index contributed by atoms with van der Waals surface area (Å²) >= 11 is 1.59. The first-order valence-corrected chi connectivity index (χ1v) is 10.3. The van der Waals surface area contributed by atoms with Crippen molar-refractivity contribution in [2.45, 2.75) is 50.9 Å². The number of rotatable bonds is 4. The Balaban J connectivity index is 1.39. The van der Waals surface area contributed by atoms with Crippen molar-refractivity contribution < 1.29 is 14.3 Å². The minimum Gasteiger partial charge on any atom is -0.440 e. The van der Waals surface area contributed by atoms with E-state index in [2.05, 4.69) is 42.6 Å². The Bertz CT molecular complexity index is 750. The van der Waals surface area contributed by atoms with E-state index in [0.717, 1.165) is 32.2 Å². The maximum atomic E-state index is 12.5. The van der Waals surface area contributed by atoms with Crippen LogP contribution in [-0.2, 0) is 22.3 Å². The van der Waals surface area contributed by atoms with Crippen LogP contribution in [0, 0.1) is 0 Å². The van der Waals surface area contributed by atoms with Crippen molar-refractivity contribution in [1.82, 2.24) is 5.32 Å². The quantitative estimate of drug-likeness (QED) is 0.828. The Hall–Kier alpha value is -1.69. The summed E-state index contributed by atoms with van der Waals surface area (Å²) in [5, 5.41) is 3.25. The Kier molecular flexibility index (Phi) is 5.38. The largest absolute Gasteiger partial charge is 0.440 e. The molecule has 0 radical (unpaired) electrons. The second-order valence-corrected chi connectivity index (χ2v) is 8.21. The van der Waals surface area contributed by atoms with Crippen LogP contribution in [0.3, 0.4) is 0 Å². The molecule has 1 fully saturated rings. The van der Waals surface area contributed by atoms with Gasteiger partial charge in [0.05, 0.1) is 12.7 Å². The van der Waals surface area contributed by atoms with Gasteiger partial charge < -0.3 is 9.47 Å². The molecule has 2 aromatic rings. The molecule has 4 rings (SSSR count). The molecule has 0 saturated carbocycles. The number of esters is 1. The zero-order valence-electron chi connectivity index (χ0n) is 15.1. The molecule has 0 bridgehead atoms. The summed E-state index contributed by atoms with van der Waals surface area (Å²) in [5.41, 5.74) is 2.70. The number of hydrogen-bond acceptors (Lipinski definition) is 5. The SMILES string of the molecule is CCC1CNC(OC(=O)c2cc3c(s2)CCC(c2ccccc2)C3)CO1. The molecule has 3 atom stereocenters. The van der Waals surface area contributed by atoms with Crippen LogP contribution in [0.15, 0.2) is 36.4 Å². The van der Waals surface area contributed by atoms with Crippen LogP contribution < -0.4 is 5.32 Å². The molecule has 1 aromatic carbocycles. The second-order valence-electron chi connectivity index (χ2n) is 7.08. The van der Waals surface area contributed by atoms with E-state index < -0.39 is 0 Å². The van der Waals surface area contributed by atoms with Crippen molar-refractivity contribution in [3.63, 3.8) is 0 Å². The predicted molar refractivity (Wildman–Crippen MR) is 103 cm³/mol. The number of carbonyl (C=O) groups excluding carboxylic acids is 1. The van der Waals surface area contributed by atoms with Crippen LogP contribution in [0.4, 0.5) is 0 Å². The lowest BCUT2D eigenvalue weighted by Gasteiger charge is -2.29. The molecule has 2 aliphatic rings. The Morgan fingerprint density at radius 3 is 2.92 bits per heavy atom. The fourth-order valence-corrected chi connectivity index (χ4v) is 4.85. The molecule has 1 saturated heterocycles. The molecule has 4 nitrogen and oxygen atoms in total. The monoisotopic (exact) mass is 371 g/mol. The van der Waals surface area contributed by atoms with Crippen molar-refractivity contribution >= 4 is 17.3 Å². The minimum atomic E-state index is -0.346. The molecule has 3 unspecified atom stereocenters. The van der Waals surface area contributed by atoms with Crippen molar-refractivity contribution in [1.29, 1.82) is 0 Å². The van der Waals surface area contributed by atoms with Crippen molar-refractivity contribution in [3.8, 4) is 0 Å². The summed E-state index contributed by atoms with van der Waals surface area (Å²) in [7, 11) is 0. The summed E-state index contributed by atoms with van der Waals surface area (Å²) in [6, 6.07) is 12.7. The Labute approximate surface area is 158 Å². The lowest BCUT2D eigenvalue weighted by atomic mass is 9.83. The molecule has 1 aliphatic heterocycles. The van der Waals surface area contributed by atoms with Crippen LogP contribution in [-0.4, -0.2) is 31.5 Å². The molecule has 2 heterocycles. The zero-order valence-corrected chi connectivity index (χ0v) is 15.9. The Morgan fingerprint density at radius 2 is 2.19 bits per heavy atom. The highest BCUT2D eigenvalue weighted by Crippen LogP contribution is 2.37. The van der Waals surface area contributed by atoms with Gasteiger partial charge in [0.2, 0.25) is 0 Å². The van der Waals surface area contributed by atoms with E-state index in [4.69, 9.17) is 9.47 Å². The first-order valence-electron chi connectivity index (χ1n) is 9.45. The van der Waals surface area contributed by atoms with Crippen LogP contribution in [0.25, 0.3) is 0 Å². The van der Waals surface area contributed by atoms with E-state index in [-0.39, 0.29) is 18.3 Å². The fourth-order valence-electron chi connectivity index (χ4n) is 3.76. The van der Waals surface area contributed by atoms with E-state index in [1.54, 1.807) is 11.3 Å². The van der Waals surface area contributed by atoms with Gasteiger partial charge in [-0.25, -0.2) is 4.79 Å². The third-order valence-corrected chi connectivity index (χ3v) is 6.53. The van der Waals surface area contributed by atoms with Gasteiger partial charge >= 0.3 is 5.97 Å². The van der Waals surface area contributed by atoms with Crippen LogP contribution in [0.2, 0.25) is 0 Å². The average molecular weight is 372 g/mol. The highest BCUT2D eigenvalue weighted by atomic mass is 32.1. The molecule has 1 N–H and O–H groups in total. The van der Waals surface area contributed by atoms with Crippen molar-refractivity contribution in [2.24, 2.45) is 0 Å². The molecule has 1 aliphatic carbocycles. The number of thiophene rings is 1. The molecule has 5 heteroatoms. The fraction of sp³-hybridized carbons (Fsp3) is 0.476. The molecule has 1 aromatic heterocycles. The van der Waals surface area contributed by atoms with Gasteiger partial charge in [0.15, 0.2) is 6.23 Å². The van der Waals surface area contributed by atoms with E-state index >= 15 is 0 Å². The van der Waals surface area contributed by atoms with Crippen LogP contribution in [0.1, 0.15) is 51.4 Å². The summed E-state index contributed by atoms with van der Waals surface area (Å²) in [6.07, 6.45) is 4.02. The third-order valence-electron chi connectivity index (χ3n) is 5.32. The van der Waals surface area contributed by atoms with Crippen LogP contribution in [0.5, 0.6) is 0 Å². The number of aryl methyl sites for hydroxylation is 1. The van der Waals surface area contributed by atoms with E-state index in [9.17, 15) is 4.79 Å². The van der Waals surface area contributed by atoms with E-state index in [1.807, 2.05) is 6.07 Å². The summed E-state index contributed by atoms with van der Waals surface area (Å²) in [4.78, 5) is 14.6. The maximum Gasteiger partial charge on any atom is 0.349 e. The maximum absolute atomic E-state index is 12.5. The first-order chi connectivity index (χ1) is 12.7. The summed E-state index contributed by atoms with van der Waals surface area (Å²) in [5.74, 6) is 0.304. The van der Waals surface area contributed by atoms with Crippen molar-refractivity contribution in [3.05, 3.63) is 57.3 Å². The Morgan fingerprint density at radius 1 is 1.35 bits per heavy atom. The number of nitrogens with one attached hydrogen (secondary N) is 1. The number of fused-ring (bicyclic) bond motifs is 1. The normalized spacial score (nSPS) is 25.5. The van der Waals surface area contributed by atoms with Crippen molar-refractivity contribution in [2.75, 3.05) is 13.2 Å². The average Bonchev–Trinajstić information content (AvgIpc) is 3.13. The number of carbonyl (C=O) groups is 1. The van der Waals surface area contributed by atoms with E-state index in [1.165, 1.54) is 16.0 Å². The predicted octanol–water partition coefficient (Wildman–Crippen LogP) is 3.90. The molecule has 138 valence electrons.